The van der Waals surface area contributed by atoms with Crippen LogP contribution in [0.3, 0.4) is 0 Å². The van der Waals surface area contributed by atoms with Crippen molar-refractivity contribution in [3.05, 3.63) is 34.6 Å². The fourth-order valence-electron chi connectivity index (χ4n) is 1.80. The van der Waals surface area contributed by atoms with E-state index in [1.165, 1.54) is 6.07 Å². The Bertz CT molecular complexity index is 384. The lowest BCUT2D eigenvalue weighted by molar-refractivity contribution is 0.0613. The molecule has 0 aliphatic carbocycles. The zero-order chi connectivity index (χ0) is 14.3. The van der Waals surface area contributed by atoms with Crippen molar-refractivity contribution in [2.24, 2.45) is 0 Å². The topological polar surface area (TPSA) is 21.3 Å². The average Bonchev–Trinajstić information content (AvgIpc) is 2.37. The molecule has 1 aromatic carbocycles. The summed E-state index contributed by atoms with van der Waals surface area (Å²) in [6.07, 6.45) is 2.00. The number of halogens is 2. The molecule has 0 saturated carbocycles. The molecular weight excluding hydrogens is 265 g/mol. The second-order valence-electron chi connectivity index (χ2n) is 4.99. The Morgan fingerprint density at radius 3 is 2.68 bits per heavy atom. The van der Waals surface area contributed by atoms with Gasteiger partial charge in [0.1, 0.15) is 5.82 Å². The monoisotopic (exact) mass is 287 g/mol. The maximum atomic E-state index is 13.4. The molecule has 4 heteroatoms. The molecule has 0 bridgehead atoms. The minimum atomic E-state index is -0.363. The highest BCUT2D eigenvalue weighted by atomic mass is 35.5. The van der Waals surface area contributed by atoms with Gasteiger partial charge in [-0.15, -0.1) is 0 Å². The molecule has 0 aliphatic heterocycles. The SMILES string of the molecule is CCCNC(COC(C)C)Cc1ccc(Cl)c(F)c1. The molecule has 0 fully saturated rings. The van der Waals surface area contributed by atoms with Crippen LogP contribution in [0.2, 0.25) is 5.02 Å². The van der Waals surface area contributed by atoms with Gasteiger partial charge in [-0.3, -0.25) is 0 Å². The molecule has 0 amide bonds. The van der Waals surface area contributed by atoms with E-state index in [4.69, 9.17) is 16.3 Å². The van der Waals surface area contributed by atoms with Crippen molar-refractivity contribution in [3.8, 4) is 0 Å². The Morgan fingerprint density at radius 1 is 1.37 bits per heavy atom. The van der Waals surface area contributed by atoms with Crippen molar-refractivity contribution in [1.82, 2.24) is 5.32 Å². The van der Waals surface area contributed by atoms with Crippen LogP contribution < -0.4 is 5.32 Å². The third kappa shape index (κ3) is 6.37. The van der Waals surface area contributed by atoms with E-state index >= 15 is 0 Å². The lowest BCUT2D eigenvalue weighted by atomic mass is 10.1. The van der Waals surface area contributed by atoms with Gasteiger partial charge in [-0.05, 0) is 50.9 Å². The third-order valence-corrected chi connectivity index (χ3v) is 3.09. The maximum absolute atomic E-state index is 13.4. The Morgan fingerprint density at radius 2 is 2.11 bits per heavy atom. The molecule has 1 atom stereocenters. The molecule has 0 aliphatic rings. The highest BCUT2D eigenvalue weighted by Gasteiger charge is 2.11. The van der Waals surface area contributed by atoms with Crippen LogP contribution in [0, 0.1) is 5.82 Å². The highest BCUT2D eigenvalue weighted by molar-refractivity contribution is 6.30. The average molecular weight is 288 g/mol. The van der Waals surface area contributed by atoms with Crippen molar-refractivity contribution >= 4 is 11.6 Å². The molecule has 0 saturated heterocycles. The molecular formula is C15H23ClFNO. The van der Waals surface area contributed by atoms with Gasteiger partial charge in [-0.2, -0.15) is 0 Å². The van der Waals surface area contributed by atoms with Crippen LogP contribution in [-0.4, -0.2) is 25.3 Å². The predicted molar refractivity (Wildman–Crippen MR) is 78.3 cm³/mol. The van der Waals surface area contributed by atoms with E-state index in [2.05, 4.69) is 12.2 Å². The summed E-state index contributed by atoms with van der Waals surface area (Å²) in [6, 6.07) is 5.16. The lowest BCUT2D eigenvalue weighted by Gasteiger charge is -2.20. The lowest BCUT2D eigenvalue weighted by Crippen LogP contribution is -2.36. The fraction of sp³-hybridized carbons (Fsp3) is 0.600. The minimum Gasteiger partial charge on any atom is -0.377 e. The van der Waals surface area contributed by atoms with Crippen LogP contribution in [0.5, 0.6) is 0 Å². The smallest absolute Gasteiger partial charge is 0.142 e. The molecule has 0 heterocycles. The van der Waals surface area contributed by atoms with Gasteiger partial charge in [-0.25, -0.2) is 4.39 Å². The minimum absolute atomic E-state index is 0.167. The molecule has 0 spiro atoms. The molecule has 108 valence electrons. The van der Waals surface area contributed by atoms with Gasteiger partial charge in [0.2, 0.25) is 0 Å². The van der Waals surface area contributed by atoms with Crippen LogP contribution in [0.25, 0.3) is 0 Å². The molecule has 1 rings (SSSR count). The summed E-state index contributed by atoms with van der Waals surface area (Å²) < 4.78 is 19.1. The number of hydrogen-bond donors (Lipinski definition) is 1. The molecule has 0 radical (unpaired) electrons. The largest absolute Gasteiger partial charge is 0.377 e. The highest BCUT2D eigenvalue weighted by Crippen LogP contribution is 2.16. The summed E-state index contributed by atoms with van der Waals surface area (Å²) in [6.45, 7) is 7.71. The van der Waals surface area contributed by atoms with E-state index in [1.54, 1.807) is 6.07 Å². The molecule has 1 unspecified atom stereocenters. The van der Waals surface area contributed by atoms with E-state index in [9.17, 15) is 4.39 Å². The van der Waals surface area contributed by atoms with E-state index in [1.807, 2.05) is 19.9 Å². The third-order valence-electron chi connectivity index (χ3n) is 2.78. The summed E-state index contributed by atoms with van der Waals surface area (Å²) >= 11 is 5.69. The van der Waals surface area contributed by atoms with Crippen LogP contribution >= 0.6 is 11.6 Å². The zero-order valence-electron chi connectivity index (χ0n) is 11.9. The van der Waals surface area contributed by atoms with Gasteiger partial charge in [0.15, 0.2) is 0 Å². The maximum Gasteiger partial charge on any atom is 0.142 e. The van der Waals surface area contributed by atoms with Gasteiger partial charge in [0, 0.05) is 6.04 Å². The van der Waals surface area contributed by atoms with Crippen LogP contribution in [0.1, 0.15) is 32.8 Å². The van der Waals surface area contributed by atoms with Crippen LogP contribution in [-0.2, 0) is 11.2 Å². The Labute approximate surface area is 120 Å². The van der Waals surface area contributed by atoms with Crippen LogP contribution in [0.15, 0.2) is 18.2 Å². The summed E-state index contributed by atoms with van der Waals surface area (Å²) in [5, 5.41) is 3.59. The van der Waals surface area contributed by atoms with Crippen molar-refractivity contribution in [3.63, 3.8) is 0 Å². The number of benzene rings is 1. The Balaban J connectivity index is 2.61. The first kappa shape index (κ1) is 16.4. The second kappa shape index (κ2) is 8.51. The number of ether oxygens (including phenoxy) is 1. The Kier molecular flexibility index (Phi) is 7.36. The van der Waals surface area contributed by atoms with Gasteiger partial charge in [0.05, 0.1) is 17.7 Å². The molecule has 2 nitrogen and oxygen atoms in total. The summed E-state index contributed by atoms with van der Waals surface area (Å²) in [5.41, 5.74) is 0.933. The normalized spacial score (nSPS) is 12.9. The number of rotatable bonds is 8. The fourth-order valence-corrected chi connectivity index (χ4v) is 1.92. The van der Waals surface area contributed by atoms with Gasteiger partial charge in [0.25, 0.3) is 0 Å². The molecule has 0 aromatic heterocycles. The van der Waals surface area contributed by atoms with Crippen molar-refractivity contribution in [2.75, 3.05) is 13.2 Å². The van der Waals surface area contributed by atoms with Gasteiger partial charge >= 0.3 is 0 Å². The first-order chi connectivity index (χ1) is 9.02. The number of hydrogen-bond acceptors (Lipinski definition) is 2. The first-order valence-corrected chi connectivity index (χ1v) is 7.19. The first-order valence-electron chi connectivity index (χ1n) is 6.81. The van der Waals surface area contributed by atoms with E-state index < -0.39 is 0 Å². The second-order valence-corrected chi connectivity index (χ2v) is 5.39. The standard InChI is InChI=1S/C15H23ClFNO/c1-4-7-18-13(10-19-11(2)3)8-12-5-6-14(16)15(17)9-12/h5-6,9,11,13,18H,4,7-8,10H2,1-3H3. The summed E-state index contributed by atoms with van der Waals surface area (Å²) in [4.78, 5) is 0. The van der Waals surface area contributed by atoms with E-state index in [0.29, 0.717) is 6.61 Å². The van der Waals surface area contributed by atoms with Crippen LogP contribution in [0.4, 0.5) is 4.39 Å². The van der Waals surface area contributed by atoms with Crippen molar-refractivity contribution < 1.29 is 9.13 Å². The Hall–Kier alpha value is -0.640. The molecule has 19 heavy (non-hydrogen) atoms. The molecule has 1 aromatic rings. The van der Waals surface area contributed by atoms with E-state index in [-0.39, 0.29) is 23.0 Å². The van der Waals surface area contributed by atoms with E-state index in [0.717, 1.165) is 24.9 Å². The molecule has 1 N–H and O–H groups in total. The summed E-state index contributed by atoms with van der Waals surface area (Å²) in [5.74, 6) is -0.363. The zero-order valence-corrected chi connectivity index (χ0v) is 12.6. The predicted octanol–water partition coefficient (Wildman–Crippen LogP) is 3.81. The van der Waals surface area contributed by atoms with Crippen molar-refractivity contribution in [2.45, 2.75) is 45.8 Å². The number of nitrogens with one attached hydrogen (secondary N) is 1. The summed E-state index contributed by atoms with van der Waals surface area (Å²) in [7, 11) is 0. The van der Waals surface area contributed by atoms with Crippen molar-refractivity contribution in [1.29, 1.82) is 0 Å². The van der Waals surface area contributed by atoms with Gasteiger partial charge in [-0.1, -0.05) is 24.6 Å². The quantitative estimate of drug-likeness (QED) is 0.785. The van der Waals surface area contributed by atoms with Gasteiger partial charge < -0.3 is 10.1 Å².